The van der Waals surface area contributed by atoms with Crippen LogP contribution in [0.4, 0.5) is 11.5 Å². The molecule has 100 valence electrons. The SMILES string of the molecule is CCCOc1nc(COC)nc(NC)c1[N+](=O)[O-]. The zero-order chi connectivity index (χ0) is 13.5. The minimum absolute atomic E-state index is 0.0340. The Balaban J connectivity index is 3.22. The standard InChI is InChI=1S/C10H16N4O4/c1-4-5-18-10-8(14(15)16)9(11-2)12-7(13-10)6-17-3/h4-6H2,1-3H3,(H,11,12,13). The molecule has 1 rings (SSSR count). The Morgan fingerprint density at radius 3 is 2.67 bits per heavy atom. The summed E-state index contributed by atoms with van der Waals surface area (Å²) < 4.78 is 10.2. The van der Waals surface area contributed by atoms with Gasteiger partial charge in [-0.15, -0.1) is 0 Å². The summed E-state index contributed by atoms with van der Waals surface area (Å²) >= 11 is 0. The normalized spacial score (nSPS) is 10.2. The first-order chi connectivity index (χ1) is 8.63. The molecule has 8 nitrogen and oxygen atoms in total. The van der Waals surface area contributed by atoms with Gasteiger partial charge >= 0.3 is 5.69 Å². The van der Waals surface area contributed by atoms with Gasteiger partial charge in [0.15, 0.2) is 5.82 Å². The zero-order valence-corrected chi connectivity index (χ0v) is 10.6. The average Bonchev–Trinajstić information content (AvgIpc) is 2.35. The van der Waals surface area contributed by atoms with Crippen molar-refractivity contribution in [1.29, 1.82) is 0 Å². The largest absolute Gasteiger partial charge is 0.473 e. The van der Waals surface area contributed by atoms with Crippen LogP contribution in [0.3, 0.4) is 0 Å². The van der Waals surface area contributed by atoms with Crippen LogP contribution in [-0.2, 0) is 11.3 Å². The molecule has 0 aliphatic rings. The molecule has 1 aromatic heterocycles. The van der Waals surface area contributed by atoms with E-state index in [1.807, 2.05) is 6.92 Å². The Bertz CT molecular complexity index is 425. The Kier molecular flexibility index (Phi) is 5.25. The molecule has 0 bridgehead atoms. The summed E-state index contributed by atoms with van der Waals surface area (Å²) in [4.78, 5) is 18.4. The third-order valence-corrected chi connectivity index (χ3v) is 2.03. The summed E-state index contributed by atoms with van der Waals surface area (Å²) in [6.07, 6.45) is 0.732. The van der Waals surface area contributed by atoms with Crippen LogP contribution >= 0.6 is 0 Å². The molecule has 0 saturated carbocycles. The van der Waals surface area contributed by atoms with E-state index in [1.165, 1.54) is 7.11 Å². The fraction of sp³-hybridized carbons (Fsp3) is 0.600. The van der Waals surface area contributed by atoms with E-state index in [9.17, 15) is 10.1 Å². The minimum atomic E-state index is -0.562. The van der Waals surface area contributed by atoms with E-state index in [0.717, 1.165) is 6.42 Å². The van der Waals surface area contributed by atoms with Crippen LogP contribution in [0.2, 0.25) is 0 Å². The average molecular weight is 256 g/mol. The van der Waals surface area contributed by atoms with E-state index in [0.29, 0.717) is 12.4 Å². The number of nitrogens with one attached hydrogen (secondary N) is 1. The number of rotatable bonds is 7. The second kappa shape index (κ2) is 6.70. The topological polar surface area (TPSA) is 99.4 Å². The first-order valence-corrected chi connectivity index (χ1v) is 5.48. The van der Waals surface area contributed by atoms with Gasteiger partial charge in [-0.1, -0.05) is 6.92 Å². The monoisotopic (exact) mass is 256 g/mol. The third-order valence-electron chi connectivity index (χ3n) is 2.03. The number of nitrogens with zero attached hydrogens (tertiary/aromatic N) is 3. The lowest BCUT2D eigenvalue weighted by Gasteiger charge is -2.09. The van der Waals surface area contributed by atoms with E-state index in [4.69, 9.17) is 9.47 Å². The molecule has 0 spiro atoms. The third kappa shape index (κ3) is 3.27. The number of ether oxygens (including phenoxy) is 2. The van der Waals surface area contributed by atoms with Crippen molar-refractivity contribution < 1.29 is 14.4 Å². The molecule has 1 N–H and O–H groups in total. The summed E-state index contributed by atoms with van der Waals surface area (Å²) in [6.45, 7) is 2.42. The molecule has 0 fully saturated rings. The lowest BCUT2D eigenvalue weighted by molar-refractivity contribution is -0.385. The highest BCUT2D eigenvalue weighted by atomic mass is 16.6. The number of hydrogen-bond donors (Lipinski definition) is 1. The number of anilines is 1. The molecular weight excluding hydrogens is 240 g/mol. The molecule has 0 unspecified atom stereocenters. The highest BCUT2D eigenvalue weighted by molar-refractivity contribution is 5.61. The molecule has 1 aromatic rings. The van der Waals surface area contributed by atoms with Crippen LogP contribution in [0.1, 0.15) is 19.2 Å². The Morgan fingerprint density at radius 2 is 2.17 bits per heavy atom. The zero-order valence-electron chi connectivity index (χ0n) is 10.6. The van der Waals surface area contributed by atoms with Gasteiger partial charge in [0, 0.05) is 14.2 Å². The van der Waals surface area contributed by atoms with Gasteiger partial charge in [-0.2, -0.15) is 4.98 Å². The van der Waals surface area contributed by atoms with Crippen molar-refractivity contribution in [1.82, 2.24) is 9.97 Å². The summed E-state index contributed by atoms with van der Waals surface area (Å²) in [7, 11) is 3.05. The van der Waals surface area contributed by atoms with Crippen LogP contribution in [-0.4, -0.2) is 35.7 Å². The molecule has 0 atom stereocenters. The van der Waals surface area contributed by atoms with Gasteiger partial charge in [-0.3, -0.25) is 10.1 Å². The van der Waals surface area contributed by atoms with E-state index in [1.54, 1.807) is 7.05 Å². The molecule has 0 amide bonds. The Morgan fingerprint density at radius 1 is 1.44 bits per heavy atom. The van der Waals surface area contributed by atoms with Gasteiger partial charge < -0.3 is 14.8 Å². The van der Waals surface area contributed by atoms with Crippen molar-refractivity contribution in [2.75, 3.05) is 26.1 Å². The molecule has 0 aliphatic heterocycles. The van der Waals surface area contributed by atoms with Gasteiger partial charge in [-0.05, 0) is 6.42 Å². The summed E-state index contributed by atoms with van der Waals surface area (Å²) in [5.41, 5.74) is -0.259. The van der Waals surface area contributed by atoms with Gasteiger partial charge in [0.2, 0.25) is 5.82 Å². The fourth-order valence-electron chi connectivity index (χ4n) is 1.31. The fourth-order valence-corrected chi connectivity index (χ4v) is 1.31. The van der Waals surface area contributed by atoms with Crippen LogP contribution < -0.4 is 10.1 Å². The Hall–Kier alpha value is -1.96. The number of hydrogen-bond acceptors (Lipinski definition) is 7. The maximum atomic E-state index is 11.0. The molecule has 18 heavy (non-hydrogen) atoms. The second-order valence-corrected chi connectivity index (χ2v) is 3.43. The van der Waals surface area contributed by atoms with Crippen LogP contribution in [0, 0.1) is 10.1 Å². The highest BCUT2D eigenvalue weighted by Gasteiger charge is 2.25. The van der Waals surface area contributed by atoms with E-state index >= 15 is 0 Å². The van der Waals surface area contributed by atoms with E-state index in [-0.39, 0.29) is 24.0 Å². The van der Waals surface area contributed by atoms with Crippen LogP contribution in [0.5, 0.6) is 5.88 Å². The predicted molar refractivity (Wildman–Crippen MR) is 64.7 cm³/mol. The summed E-state index contributed by atoms with van der Waals surface area (Å²) in [6, 6.07) is 0. The molecule has 0 aliphatic carbocycles. The van der Waals surface area contributed by atoms with Gasteiger partial charge in [0.05, 0.1) is 11.5 Å². The van der Waals surface area contributed by atoms with E-state index in [2.05, 4.69) is 15.3 Å². The van der Waals surface area contributed by atoms with Crippen molar-refractivity contribution in [2.45, 2.75) is 20.0 Å². The molecule has 0 radical (unpaired) electrons. The number of aromatic nitrogens is 2. The summed E-state index contributed by atoms with van der Waals surface area (Å²) in [5, 5.41) is 13.7. The van der Waals surface area contributed by atoms with Gasteiger partial charge in [-0.25, -0.2) is 4.98 Å². The second-order valence-electron chi connectivity index (χ2n) is 3.43. The van der Waals surface area contributed by atoms with Gasteiger partial charge in [0.25, 0.3) is 5.88 Å². The molecule has 0 saturated heterocycles. The predicted octanol–water partition coefficient (Wildman–Crippen LogP) is 1.36. The Labute approximate surface area is 104 Å². The van der Waals surface area contributed by atoms with Crippen molar-refractivity contribution >= 4 is 11.5 Å². The number of nitro groups is 1. The first-order valence-electron chi connectivity index (χ1n) is 5.48. The van der Waals surface area contributed by atoms with Crippen molar-refractivity contribution in [2.24, 2.45) is 0 Å². The lowest BCUT2D eigenvalue weighted by atomic mass is 10.4. The molecule has 1 heterocycles. The number of methoxy groups -OCH3 is 1. The van der Waals surface area contributed by atoms with Crippen molar-refractivity contribution in [3.8, 4) is 5.88 Å². The van der Waals surface area contributed by atoms with Crippen LogP contribution in [0.15, 0.2) is 0 Å². The highest BCUT2D eigenvalue weighted by Crippen LogP contribution is 2.31. The molecular formula is C10H16N4O4. The molecule has 0 aromatic carbocycles. The first kappa shape index (κ1) is 14.1. The van der Waals surface area contributed by atoms with Crippen LogP contribution in [0.25, 0.3) is 0 Å². The lowest BCUT2D eigenvalue weighted by Crippen LogP contribution is -2.09. The van der Waals surface area contributed by atoms with Crippen molar-refractivity contribution in [3.63, 3.8) is 0 Å². The smallest absolute Gasteiger partial charge is 0.372 e. The van der Waals surface area contributed by atoms with Gasteiger partial charge in [0.1, 0.15) is 6.61 Å². The molecule has 8 heteroatoms. The summed E-state index contributed by atoms with van der Waals surface area (Å²) in [5.74, 6) is 0.417. The van der Waals surface area contributed by atoms with E-state index < -0.39 is 4.92 Å². The minimum Gasteiger partial charge on any atom is -0.473 e. The maximum absolute atomic E-state index is 11.0. The maximum Gasteiger partial charge on any atom is 0.372 e. The van der Waals surface area contributed by atoms with Crippen molar-refractivity contribution in [3.05, 3.63) is 15.9 Å². The quantitative estimate of drug-likeness (QED) is 0.580.